The molecule has 4 N–H and O–H groups in total. The Morgan fingerprint density at radius 1 is 1.10 bits per heavy atom. The molecule has 0 aliphatic heterocycles. The largest absolute Gasteiger partial charge is 0.476 e. The number of fused-ring (bicyclic) bond motifs is 1. The molecule has 0 radical (unpaired) electrons. The number of halogens is 3. The van der Waals surface area contributed by atoms with Crippen LogP contribution >= 0.6 is 45.8 Å². The van der Waals surface area contributed by atoms with Crippen molar-refractivity contribution in [1.82, 2.24) is 4.98 Å². The van der Waals surface area contributed by atoms with E-state index in [2.05, 4.69) is 27.6 Å². The van der Waals surface area contributed by atoms with Gasteiger partial charge in [0.1, 0.15) is 5.69 Å². The minimum Gasteiger partial charge on any atom is -0.476 e. The Hall–Kier alpha value is -2.30. The van der Waals surface area contributed by atoms with Crippen LogP contribution in [0.15, 0.2) is 42.5 Å². The number of ether oxygens (including phenoxy) is 1. The number of nitrogens with one attached hydrogen (secondary N) is 1. The molecule has 0 unspecified atom stereocenters. The highest BCUT2D eigenvalue weighted by Crippen LogP contribution is 2.20. The first kappa shape index (κ1) is 25.7. The van der Waals surface area contributed by atoms with E-state index in [4.69, 9.17) is 38.8 Å². The zero-order chi connectivity index (χ0) is 22.8. The molecule has 0 bridgehead atoms. The number of anilines is 1. The number of carboxylic acids is 1. The van der Waals surface area contributed by atoms with Gasteiger partial charge in [-0.05, 0) is 72.0 Å². The maximum atomic E-state index is 11.4. The quantitative estimate of drug-likeness (QED) is 0.174. The summed E-state index contributed by atoms with van der Waals surface area (Å²) in [5.41, 5.74) is 7.63. The third-order valence-electron chi connectivity index (χ3n) is 3.34. The van der Waals surface area contributed by atoms with Crippen LogP contribution < -0.4 is 5.73 Å². The monoisotopic (exact) mass is 564 g/mol. The van der Waals surface area contributed by atoms with Crippen LogP contribution in [0.4, 0.5) is 5.69 Å². The molecule has 7 nitrogen and oxygen atoms in total. The van der Waals surface area contributed by atoms with E-state index in [9.17, 15) is 14.4 Å². The molecule has 0 aliphatic carbocycles. The van der Waals surface area contributed by atoms with E-state index >= 15 is 0 Å². The van der Waals surface area contributed by atoms with Crippen LogP contribution in [0.1, 0.15) is 24.3 Å². The second kappa shape index (κ2) is 12.4. The number of aromatic amines is 1. The van der Waals surface area contributed by atoms with Crippen molar-refractivity contribution >= 4 is 80.1 Å². The fraction of sp³-hybridized carbons (Fsp3) is 0.150. The summed E-state index contributed by atoms with van der Waals surface area (Å²) in [6, 6.07) is 12.5. The third-order valence-corrected chi connectivity index (χ3v) is 4.75. The van der Waals surface area contributed by atoms with Gasteiger partial charge in [-0.1, -0.05) is 23.2 Å². The van der Waals surface area contributed by atoms with Crippen molar-refractivity contribution in [2.45, 2.75) is 13.8 Å². The molecular weight excluding hydrogens is 546 g/mol. The second-order valence-electron chi connectivity index (χ2n) is 5.66. The Morgan fingerprint density at radius 3 is 2.17 bits per heavy atom. The minimum absolute atomic E-state index is 0.343. The molecule has 160 valence electrons. The standard InChI is InChI=1S/C11H10ClNO2.C6H5ClIN.C3H4O3/c1-2-15-11(14)10-6-7-5-8(12)3-4-9(7)13-10;7-4-1-2-6(9)5(8)3-4;1-2(4)3(5)6/h3-6,13H,2H2,1H3;1-3H,9H2;1H3,(H,5,6). The Balaban J connectivity index is 0.000000256. The molecule has 1 heterocycles. The van der Waals surface area contributed by atoms with Crippen molar-refractivity contribution in [1.29, 1.82) is 0 Å². The lowest BCUT2D eigenvalue weighted by Gasteiger charge is -1.96. The fourth-order valence-corrected chi connectivity index (χ4v) is 2.98. The Bertz CT molecular complexity index is 1040. The van der Waals surface area contributed by atoms with Crippen molar-refractivity contribution in [2.75, 3.05) is 12.3 Å². The lowest BCUT2D eigenvalue weighted by atomic mass is 10.2. The molecule has 1 aromatic heterocycles. The van der Waals surface area contributed by atoms with Crippen LogP contribution in [0.2, 0.25) is 10.0 Å². The number of carbonyl (C=O) groups excluding carboxylic acids is 2. The van der Waals surface area contributed by atoms with E-state index in [0.29, 0.717) is 17.3 Å². The van der Waals surface area contributed by atoms with Crippen molar-refractivity contribution in [2.24, 2.45) is 0 Å². The first-order valence-electron chi connectivity index (χ1n) is 8.44. The molecule has 30 heavy (non-hydrogen) atoms. The van der Waals surface area contributed by atoms with Crippen molar-refractivity contribution < 1.29 is 24.2 Å². The predicted octanol–water partition coefficient (Wildman–Crippen LogP) is 5.18. The van der Waals surface area contributed by atoms with E-state index < -0.39 is 11.8 Å². The average Bonchev–Trinajstić information content (AvgIpc) is 3.09. The summed E-state index contributed by atoms with van der Waals surface area (Å²) < 4.78 is 5.88. The highest BCUT2D eigenvalue weighted by Gasteiger charge is 2.09. The van der Waals surface area contributed by atoms with Crippen LogP contribution in [0.25, 0.3) is 10.9 Å². The highest BCUT2D eigenvalue weighted by molar-refractivity contribution is 14.1. The Labute approximate surface area is 196 Å². The molecule has 0 saturated carbocycles. The molecule has 0 aliphatic rings. The fourth-order valence-electron chi connectivity index (χ4n) is 1.92. The van der Waals surface area contributed by atoms with Gasteiger partial charge in [-0.15, -0.1) is 0 Å². The summed E-state index contributed by atoms with van der Waals surface area (Å²) in [4.78, 5) is 33.3. The summed E-state index contributed by atoms with van der Waals surface area (Å²) in [5.74, 6) is -2.55. The van der Waals surface area contributed by atoms with E-state index in [1.165, 1.54) is 0 Å². The highest BCUT2D eigenvalue weighted by atomic mass is 127. The van der Waals surface area contributed by atoms with Gasteiger partial charge in [-0.3, -0.25) is 4.79 Å². The number of benzene rings is 2. The normalized spacial score (nSPS) is 9.63. The zero-order valence-corrected chi connectivity index (χ0v) is 19.7. The average molecular weight is 565 g/mol. The predicted molar refractivity (Wildman–Crippen MR) is 126 cm³/mol. The van der Waals surface area contributed by atoms with Gasteiger partial charge in [-0.25, -0.2) is 9.59 Å². The van der Waals surface area contributed by atoms with Gasteiger partial charge in [-0.2, -0.15) is 0 Å². The second-order valence-corrected chi connectivity index (χ2v) is 7.70. The van der Waals surface area contributed by atoms with Gasteiger partial charge in [0.25, 0.3) is 0 Å². The van der Waals surface area contributed by atoms with E-state index in [0.717, 1.165) is 32.1 Å². The van der Waals surface area contributed by atoms with Gasteiger partial charge < -0.3 is 20.6 Å². The van der Waals surface area contributed by atoms with Gasteiger partial charge >= 0.3 is 11.9 Å². The van der Waals surface area contributed by atoms with Crippen molar-refractivity contribution in [3.63, 3.8) is 0 Å². The van der Waals surface area contributed by atoms with E-state index in [1.807, 2.05) is 12.1 Å². The van der Waals surface area contributed by atoms with E-state index in [1.54, 1.807) is 37.3 Å². The van der Waals surface area contributed by atoms with Crippen LogP contribution in [0.3, 0.4) is 0 Å². The first-order valence-corrected chi connectivity index (χ1v) is 10.3. The molecule has 3 rings (SSSR count). The maximum absolute atomic E-state index is 11.4. The molecule has 0 saturated heterocycles. The van der Waals surface area contributed by atoms with Crippen molar-refractivity contribution in [3.05, 3.63) is 61.8 Å². The summed E-state index contributed by atoms with van der Waals surface area (Å²) in [6.07, 6.45) is 0. The smallest absolute Gasteiger partial charge is 0.371 e. The summed E-state index contributed by atoms with van der Waals surface area (Å²) in [5, 5.41) is 9.93. The van der Waals surface area contributed by atoms with Crippen LogP contribution in [0.5, 0.6) is 0 Å². The number of aliphatic carboxylic acids is 1. The number of carboxylic acid groups (broad SMARTS) is 1. The molecule has 2 aromatic carbocycles. The molecule has 0 atom stereocenters. The number of esters is 1. The molecule has 0 amide bonds. The number of H-pyrrole nitrogens is 1. The molecule has 3 aromatic rings. The zero-order valence-electron chi connectivity index (χ0n) is 16.0. The number of nitrogens with two attached hydrogens (primary N) is 1. The van der Waals surface area contributed by atoms with Gasteiger partial charge in [0, 0.05) is 37.1 Å². The molecular formula is C20H19Cl2IN2O5. The number of nitrogen functional groups attached to an aromatic ring is 1. The van der Waals surface area contributed by atoms with Gasteiger partial charge in [0.05, 0.1) is 6.61 Å². The lowest BCUT2D eigenvalue weighted by molar-refractivity contribution is -0.148. The van der Waals surface area contributed by atoms with Crippen LogP contribution in [-0.2, 0) is 14.3 Å². The number of carbonyl (C=O) groups is 3. The number of ketones is 1. The topological polar surface area (TPSA) is 122 Å². The van der Waals surface area contributed by atoms with Crippen LogP contribution in [-0.4, -0.2) is 34.4 Å². The minimum atomic E-state index is -1.38. The lowest BCUT2D eigenvalue weighted by Crippen LogP contribution is -2.05. The number of hydrogen-bond donors (Lipinski definition) is 3. The van der Waals surface area contributed by atoms with Crippen LogP contribution in [0, 0.1) is 3.57 Å². The molecule has 0 spiro atoms. The third kappa shape index (κ3) is 8.60. The number of Topliss-reactive ketones (excluding diaryl/α,β-unsaturated/α-hetero) is 1. The number of hydrogen-bond acceptors (Lipinski definition) is 5. The summed E-state index contributed by atoms with van der Waals surface area (Å²) >= 11 is 13.6. The van der Waals surface area contributed by atoms with Gasteiger partial charge in [0.2, 0.25) is 5.78 Å². The first-order chi connectivity index (χ1) is 14.0. The summed E-state index contributed by atoms with van der Waals surface area (Å²) in [6.45, 7) is 3.15. The molecule has 0 fully saturated rings. The van der Waals surface area contributed by atoms with Crippen molar-refractivity contribution in [3.8, 4) is 0 Å². The summed E-state index contributed by atoms with van der Waals surface area (Å²) in [7, 11) is 0. The van der Waals surface area contributed by atoms with E-state index in [-0.39, 0.29) is 5.97 Å². The SMILES string of the molecule is CC(=O)C(=O)O.CCOC(=O)c1cc2cc(Cl)ccc2[nH]1.Nc1ccc(Cl)cc1I. The maximum Gasteiger partial charge on any atom is 0.371 e. The van der Waals surface area contributed by atoms with Gasteiger partial charge in [0.15, 0.2) is 0 Å². The Kier molecular flexibility index (Phi) is 10.6. The Morgan fingerprint density at radius 2 is 1.67 bits per heavy atom. The molecule has 10 heteroatoms. The number of rotatable bonds is 3. The number of aromatic nitrogens is 1.